The van der Waals surface area contributed by atoms with Crippen LogP contribution in [-0.2, 0) is 9.47 Å². The smallest absolute Gasteiger partial charge is 0.0661 e. The second-order valence-corrected chi connectivity index (χ2v) is 5.54. The average Bonchev–Trinajstić information content (AvgIpc) is 2.37. The fraction of sp³-hybridized carbons (Fsp3) is 1.00. The molecule has 0 aromatic carbocycles. The van der Waals surface area contributed by atoms with Crippen LogP contribution in [0.1, 0.15) is 33.6 Å². The maximum Gasteiger partial charge on any atom is 0.0661 e. The van der Waals surface area contributed by atoms with Crippen LogP contribution in [-0.4, -0.2) is 56.5 Å². The van der Waals surface area contributed by atoms with E-state index in [1.165, 1.54) is 0 Å². The molecule has 0 radical (unpaired) electrons. The zero-order chi connectivity index (χ0) is 13.6. The fourth-order valence-electron chi connectivity index (χ4n) is 3.00. The third-order valence-corrected chi connectivity index (χ3v) is 4.30. The van der Waals surface area contributed by atoms with Gasteiger partial charge in [0.2, 0.25) is 0 Å². The number of nitrogens with zero attached hydrogens (tertiary/aromatic N) is 1. The molecule has 4 heteroatoms. The number of hydrogen-bond acceptors (Lipinski definition) is 4. The second-order valence-electron chi connectivity index (χ2n) is 5.54. The van der Waals surface area contributed by atoms with E-state index in [1.54, 1.807) is 7.11 Å². The number of piperidine rings is 1. The highest BCUT2D eigenvalue weighted by molar-refractivity contribution is 4.96. The van der Waals surface area contributed by atoms with Crippen LogP contribution in [0, 0.1) is 5.92 Å². The minimum absolute atomic E-state index is 0.0219. The Hall–Kier alpha value is -0.160. The van der Waals surface area contributed by atoms with E-state index in [0.29, 0.717) is 25.2 Å². The van der Waals surface area contributed by atoms with E-state index in [1.807, 2.05) is 0 Å². The molecule has 1 heterocycles. The van der Waals surface area contributed by atoms with Crippen LogP contribution >= 0.6 is 0 Å². The Morgan fingerprint density at radius 1 is 1.33 bits per heavy atom. The van der Waals surface area contributed by atoms with Crippen molar-refractivity contribution >= 4 is 0 Å². The van der Waals surface area contributed by atoms with Crippen LogP contribution in [0.2, 0.25) is 0 Å². The Morgan fingerprint density at radius 2 is 1.94 bits per heavy atom. The first-order valence-corrected chi connectivity index (χ1v) is 7.16. The molecule has 18 heavy (non-hydrogen) atoms. The Bertz CT molecular complexity index is 228. The van der Waals surface area contributed by atoms with Crippen LogP contribution in [0.4, 0.5) is 0 Å². The summed E-state index contributed by atoms with van der Waals surface area (Å²) < 4.78 is 11.1. The first-order chi connectivity index (χ1) is 8.60. The highest BCUT2D eigenvalue weighted by atomic mass is 16.5. The predicted octanol–water partition coefficient (Wildman–Crippen LogP) is 1.49. The van der Waals surface area contributed by atoms with E-state index in [2.05, 4.69) is 25.7 Å². The Morgan fingerprint density at radius 3 is 2.33 bits per heavy atom. The van der Waals surface area contributed by atoms with Gasteiger partial charge in [-0.15, -0.1) is 0 Å². The second kappa shape index (κ2) is 7.43. The van der Waals surface area contributed by atoms with Crippen molar-refractivity contribution in [3.63, 3.8) is 0 Å². The lowest BCUT2D eigenvalue weighted by atomic mass is 9.83. The summed E-state index contributed by atoms with van der Waals surface area (Å²) in [4.78, 5) is 2.51. The van der Waals surface area contributed by atoms with Gasteiger partial charge < -0.3 is 15.2 Å². The number of hydrogen-bond donors (Lipinski definition) is 1. The van der Waals surface area contributed by atoms with Gasteiger partial charge in [0.25, 0.3) is 0 Å². The third-order valence-electron chi connectivity index (χ3n) is 4.30. The van der Waals surface area contributed by atoms with Crippen molar-refractivity contribution < 1.29 is 9.47 Å². The first-order valence-electron chi connectivity index (χ1n) is 7.16. The van der Waals surface area contributed by atoms with Crippen molar-refractivity contribution in [2.45, 2.75) is 45.3 Å². The summed E-state index contributed by atoms with van der Waals surface area (Å²) in [5.74, 6) is 0.492. The van der Waals surface area contributed by atoms with Crippen molar-refractivity contribution in [3.8, 4) is 0 Å². The van der Waals surface area contributed by atoms with E-state index >= 15 is 0 Å². The maximum atomic E-state index is 6.07. The fourth-order valence-corrected chi connectivity index (χ4v) is 3.00. The van der Waals surface area contributed by atoms with Crippen LogP contribution < -0.4 is 5.73 Å². The highest BCUT2D eigenvalue weighted by Gasteiger charge is 2.40. The molecule has 0 aromatic rings. The lowest BCUT2D eigenvalue weighted by molar-refractivity contribution is -0.0593. The van der Waals surface area contributed by atoms with E-state index in [4.69, 9.17) is 15.2 Å². The summed E-state index contributed by atoms with van der Waals surface area (Å²) in [5.41, 5.74) is 6.04. The molecule has 1 atom stereocenters. The molecule has 1 fully saturated rings. The number of nitrogens with two attached hydrogens (primary N) is 1. The number of rotatable bonds is 7. The zero-order valence-electron chi connectivity index (χ0n) is 12.4. The van der Waals surface area contributed by atoms with Crippen molar-refractivity contribution in [2.75, 3.05) is 40.0 Å². The molecule has 0 saturated carbocycles. The Labute approximate surface area is 112 Å². The quantitative estimate of drug-likeness (QED) is 0.751. The Kier molecular flexibility index (Phi) is 6.57. The molecule has 1 unspecified atom stereocenters. The van der Waals surface area contributed by atoms with Gasteiger partial charge in [-0.3, -0.25) is 4.90 Å². The molecule has 108 valence electrons. The molecule has 2 N–H and O–H groups in total. The molecule has 1 rings (SSSR count). The van der Waals surface area contributed by atoms with E-state index < -0.39 is 0 Å². The van der Waals surface area contributed by atoms with Crippen molar-refractivity contribution in [3.05, 3.63) is 0 Å². The molecule has 0 bridgehead atoms. The van der Waals surface area contributed by atoms with Gasteiger partial charge in [0.15, 0.2) is 0 Å². The number of likely N-dealkylation sites (tertiary alicyclic amines) is 1. The molecule has 0 spiro atoms. The van der Waals surface area contributed by atoms with Crippen LogP contribution in [0.15, 0.2) is 0 Å². The van der Waals surface area contributed by atoms with Gasteiger partial charge in [0.05, 0.1) is 18.2 Å². The highest BCUT2D eigenvalue weighted by Crippen LogP contribution is 2.28. The van der Waals surface area contributed by atoms with Crippen LogP contribution in [0.25, 0.3) is 0 Å². The standard InChI is InChI=1S/C14H30N2O2/c1-5-18-13-6-8-16(9-7-13)14(10-15,11-17-4)12(2)3/h12-13H,5-11,15H2,1-4H3. The molecule has 0 aliphatic carbocycles. The SMILES string of the molecule is CCOC1CCN(C(CN)(COC)C(C)C)CC1. The van der Waals surface area contributed by atoms with E-state index in [9.17, 15) is 0 Å². The van der Waals surface area contributed by atoms with E-state index in [0.717, 1.165) is 32.5 Å². The van der Waals surface area contributed by atoms with Gasteiger partial charge in [-0.05, 0) is 25.7 Å². The van der Waals surface area contributed by atoms with Crippen LogP contribution in [0.3, 0.4) is 0 Å². The lowest BCUT2D eigenvalue weighted by Gasteiger charge is -2.48. The van der Waals surface area contributed by atoms with Gasteiger partial charge >= 0.3 is 0 Å². The predicted molar refractivity (Wildman–Crippen MR) is 74.7 cm³/mol. The minimum Gasteiger partial charge on any atom is -0.383 e. The number of ether oxygens (including phenoxy) is 2. The first kappa shape index (κ1) is 15.9. The Balaban J connectivity index is 2.65. The summed E-state index contributed by atoms with van der Waals surface area (Å²) in [6.45, 7) is 10.8. The zero-order valence-corrected chi connectivity index (χ0v) is 12.4. The largest absolute Gasteiger partial charge is 0.383 e. The summed E-state index contributed by atoms with van der Waals surface area (Å²) in [6, 6.07) is 0. The summed E-state index contributed by atoms with van der Waals surface area (Å²) in [5, 5.41) is 0. The number of methoxy groups -OCH3 is 1. The molecule has 1 saturated heterocycles. The van der Waals surface area contributed by atoms with Crippen molar-refractivity contribution in [2.24, 2.45) is 11.7 Å². The summed E-state index contributed by atoms with van der Waals surface area (Å²) in [7, 11) is 1.76. The molecule has 1 aliphatic heterocycles. The maximum absolute atomic E-state index is 6.07. The van der Waals surface area contributed by atoms with Gasteiger partial charge in [0.1, 0.15) is 0 Å². The van der Waals surface area contributed by atoms with Gasteiger partial charge in [0, 0.05) is 33.4 Å². The molecular weight excluding hydrogens is 228 g/mol. The summed E-state index contributed by atoms with van der Waals surface area (Å²) >= 11 is 0. The molecule has 0 aromatic heterocycles. The van der Waals surface area contributed by atoms with Crippen molar-refractivity contribution in [1.82, 2.24) is 4.90 Å². The molecule has 0 amide bonds. The third kappa shape index (κ3) is 3.44. The minimum atomic E-state index is -0.0219. The lowest BCUT2D eigenvalue weighted by Crippen LogP contribution is -2.62. The van der Waals surface area contributed by atoms with Crippen molar-refractivity contribution in [1.29, 1.82) is 0 Å². The molecule has 4 nitrogen and oxygen atoms in total. The average molecular weight is 258 g/mol. The molecule has 1 aliphatic rings. The van der Waals surface area contributed by atoms with Crippen LogP contribution in [0.5, 0.6) is 0 Å². The molecular formula is C14H30N2O2. The summed E-state index contributed by atoms with van der Waals surface area (Å²) in [6.07, 6.45) is 2.63. The van der Waals surface area contributed by atoms with Gasteiger partial charge in [-0.25, -0.2) is 0 Å². The van der Waals surface area contributed by atoms with Gasteiger partial charge in [-0.1, -0.05) is 13.8 Å². The topological polar surface area (TPSA) is 47.7 Å². The normalized spacial score (nSPS) is 22.3. The van der Waals surface area contributed by atoms with Gasteiger partial charge in [-0.2, -0.15) is 0 Å². The monoisotopic (exact) mass is 258 g/mol. The van der Waals surface area contributed by atoms with E-state index in [-0.39, 0.29) is 5.54 Å².